The van der Waals surface area contributed by atoms with Crippen LogP contribution in [0.25, 0.3) is 22.3 Å². The molecule has 258 valence electrons. The molecule has 0 aliphatic rings. The van der Waals surface area contributed by atoms with Crippen LogP contribution in [0.15, 0.2) is 127 Å². The summed E-state index contributed by atoms with van der Waals surface area (Å²) in [7, 11) is 3.29. The van der Waals surface area contributed by atoms with Crippen molar-refractivity contribution in [2.45, 2.75) is 32.5 Å². The number of rotatable bonds is 17. The van der Waals surface area contributed by atoms with Crippen molar-refractivity contribution in [1.29, 1.82) is 0 Å². The average Bonchev–Trinajstić information content (AvgIpc) is 3.17. The number of ether oxygens (including phenoxy) is 5. The summed E-state index contributed by atoms with van der Waals surface area (Å²) in [5.74, 6) is 1.77. The fraction of sp³-hybridized carbons (Fsp3) is 0.238. The highest BCUT2D eigenvalue weighted by Gasteiger charge is 2.18. The molecule has 0 unspecified atom stereocenters. The van der Waals surface area contributed by atoms with E-state index in [4.69, 9.17) is 23.7 Å². The highest BCUT2D eigenvalue weighted by atomic mass is 16.5. The molecule has 0 bridgehead atoms. The van der Waals surface area contributed by atoms with Crippen LogP contribution in [0.3, 0.4) is 0 Å². The third kappa shape index (κ3) is 11.2. The first kappa shape index (κ1) is 35.5. The van der Waals surface area contributed by atoms with Crippen LogP contribution in [0.1, 0.15) is 30.4 Å². The van der Waals surface area contributed by atoms with Crippen molar-refractivity contribution >= 4 is 12.1 Å². The van der Waals surface area contributed by atoms with E-state index in [1.807, 2.05) is 121 Å². The molecule has 5 rings (SSSR count). The zero-order valence-electron chi connectivity index (χ0n) is 28.5. The van der Waals surface area contributed by atoms with E-state index in [2.05, 4.69) is 11.4 Å². The number of amides is 1. The summed E-state index contributed by atoms with van der Waals surface area (Å²) < 4.78 is 28.1. The van der Waals surface area contributed by atoms with Gasteiger partial charge in [0.15, 0.2) is 0 Å². The smallest absolute Gasteiger partial charge is 0.407 e. The number of benzene rings is 5. The molecule has 8 heteroatoms. The van der Waals surface area contributed by atoms with Gasteiger partial charge in [0.1, 0.15) is 30.5 Å². The second-order valence-electron chi connectivity index (χ2n) is 11.9. The van der Waals surface area contributed by atoms with Crippen LogP contribution < -0.4 is 19.5 Å². The van der Waals surface area contributed by atoms with Crippen molar-refractivity contribution < 1.29 is 33.3 Å². The number of hydrogen-bond donors (Lipinski definition) is 1. The Morgan fingerprint density at radius 1 is 0.600 bits per heavy atom. The molecule has 1 atom stereocenters. The van der Waals surface area contributed by atoms with Gasteiger partial charge in [0.05, 0.1) is 27.2 Å². The monoisotopic (exact) mass is 673 g/mol. The van der Waals surface area contributed by atoms with E-state index >= 15 is 0 Å². The highest BCUT2D eigenvalue weighted by Crippen LogP contribution is 2.33. The fourth-order valence-corrected chi connectivity index (χ4v) is 5.43. The molecule has 0 fully saturated rings. The predicted octanol–water partition coefficient (Wildman–Crippen LogP) is 8.87. The average molecular weight is 674 g/mol. The molecule has 0 heterocycles. The topological polar surface area (TPSA) is 92.3 Å². The van der Waals surface area contributed by atoms with Crippen molar-refractivity contribution in [3.8, 4) is 39.5 Å². The lowest BCUT2D eigenvalue weighted by molar-refractivity contribution is -0.146. The summed E-state index contributed by atoms with van der Waals surface area (Å²) in [6, 6.07) is 41.0. The third-order valence-electron chi connectivity index (χ3n) is 8.21. The van der Waals surface area contributed by atoms with Crippen LogP contribution in [-0.2, 0) is 27.5 Å². The first-order chi connectivity index (χ1) is 24.5. The standard InChI is InChI=1S/C42H43NO7/c1-46-38-19-15-34(16-20-38)36-25-37(35-17-21-39(47-2)22-18-35)27-40(26-36)48-30-33(24-41(44)49-28-31-10-5-3-6-11-31)14-9-23-43-42(45)50-29-32-12-7-4-8-13-32/h3-8,10-13,15-22,25-27,33H,9,14,23-24,28-30H2,1-2H3,(H,43,45)/t33-/m1/s1. The number of methoxy groups -OCH3 is 2. The molecule has 0 saturated carbocycles. The molecule has 8 nitrogen and oxygen atoms in total. The largest absolute Gasteiger partial charge is 0.497 e. The summed E-state index contributed by atoms with van der Waals surface area (Å²) in [4.78, 5) is 25.3. The quantitative estimate of drug-likeness (QED) is 0.0779. The first-order valence-electron chi connectivity index (χ1n) is 16.7. The zero-order chi connectivity index (χ0) is 35.0. The molecule has 0 saturated heterocycles. The van der Waals surface area contributed by atoms with E-state index in [0.29, 0.717) is 25.1 Å². The van der Waals surface area contributed by atoms with E-state index in [1.54, 1.807) is 14.2 Å². The minimum Gasteiger partial charge on any atom is -0.497 e. The van der Waals surface area contributed by atoms with Crippen LogP contribution in [0.5, 0.6) is 17.2 Å². The minimum atomic E-state index is -0.481. The van der Waals surface area contributed by atoms with E-state index in [9.17, 15) is 9.59 Å². The normalized spacial score (nSPS) is 11.2. The van der Waals surface area contributed by atoms with Crippen molar-refractivity contribution in [2.24, 2.45) is 5.92 Å². The minimum absolute atomic E-state index is 0.158. The number of carbonyl (C=O) groups excluding carboxylic acids is 2. The van der Waals surface area contributed by atoms with Crippen LogP contribution >= 0.6 is 0 Å². The third-order valence-corrected chi connectivity index (χ3v) is 8.21. The molecule has 5 aromatic carbocycles. The van der Waals surface area contributed by atoms with Gasteiger partial charge < -0.3 is 29.0 Å². The highest BCUT2D eigenvalue weighted by molar-refractivity contribution is 5.76. The van der Waals surface area contributed by atoms with Crippen molar-refractivity contribution in [2.75, 3.05) is 27.4 Å². The Labute approximate surface area is 293 Å². The number of nitrogens with one attached hydrogen (secondary N) is 1. The molecule has 5 aromatic rings. The van der Waals surface area contributed by atoms with E-state index in [-0.39, 0.29) is 38.1 Å². The lowest BCUT2D eigenvalue weighted by Gasteiger charge is -2.19. The van der Waals surface area contributed by atoms with E-state index in [1.165, 1.54) is 0 Å². The number of carbonyl (C=O) groups is 2. The molecular weight excluding hydrogens is 630 g/mol. The Balaban J connectivity index is 1.27. The zero-order valence-corrected chi connectivity index (χ0v) is 28.5. The maximum absolute atomic E-state index is 13.0. The molecule has 0 radical (unpaired) electrons. The lowest BCUT2D eigenvalue weighted by atomic mass is 9.98. The van der Waals surface area contributed by atoms with Crippen LogP contribution in [0.2, 0.25) is 0 Å². The van der Waals surface area contributed by atoms with Crippen molar-refractivity contribution in [3.63, 3.8) is 0 Å². The Bertz CT molecular complexity index is 1710. The second-order valence-corrected chi connectivity index (χ2v) is 11.9. The molecule has 1 amide bonds. The molecule has 0 aliphatic carbocycles. The maximum Gasteiger partial charge on any atom is 0.407 e. The molecule has 0 aromatic heterocycles. The van der Waals surface area contributed by atoms with Gasteiger partial charge in [-0.15, -0.1) is 0 Å². The van der Waals surface area contributed by atoms with Gasteiger partial charge in [-0.1, -0.05) is 84.9 Å². The summed E-state index contributed by atoms with van der Waals surface area (Å²) in [6.45, 7) is 1.09. The van der Waals surface area contributed by atoms with Gasteiger partial charge in [-0.3, -0.25) is 4.79 Å². The van der Waals surface area contributed by atoms with Gasteiger partial charge in [-0.05, 0) is 88.7 Å². The Kier molecular flexibility index (Phi) is 13.3. The van der Waals surface area contributed by atoms with Crippen LogP contribution in [0, 0.1) is 5.92 Å². The number of hydrogen-bond acceptors (Lipinski definition) is 7. The Morgan fingerprint density at radius 3 is 1.64 bits per heavy atom. The maximum atomic E-state index is 13.0. The first-order valence-corrected chi connectivity index (χ1v) is 16.7. The van der Waals surface area contributed by atoms with E-state index in [0.717, 1.165) is 44.9 Å². The second kappa shape index (κ2) is 18.7. The summed E-state index contributed by atoms with van der Waals surface area (Å²) in [5, 5.41) is 2.81. The van der Waals surface area contributed by atoms with Crippen LogP contribution in [0.4, 0.5) is 4.79 Å². The summed E-state index contributed by atoms with van der Waals surface area (Å²) in [6.07, 6.45) is 0.950. The molecule has 0 spiro atoms. The van der Waals surface area contributed by atoms with Crippen LogP contribution in [-0.4, -0.2) is 39.4 Å². The summed E-state index contributed by atoms with van der Waals surface area (Å²) in [5.41, 5.74) is 5.82. The fourth-order valence-electron chi connectivity index (χ4n) is 5.43. The molecule has 0 aliphatic heterocycles. The Hall–Kier alpha value is -5.76. The van der Waals surface area contributed by atoms with Gasteiger partial charge in [-0.2, -0.15) is 0 Å². The van der Waals surface area contributed by atoms with Gasteiger partial charge in [-0.25, -0.2) is 4.79 Å². The van der Waals surface area contributed by atoms with Crippen molar-refractivity contribution in [3.05, 3.63) is 139 Å². The summed E-state index contributed by atoms with van der Waals surface area (Å²) >= 11 is 0. The van der Waals surface area contributed by atoms with E-state index < -0.39 is 6.09 Å². The molecule has 50 heavy (non-hydrogen) atoms. The Morgan fingerprint density at radius 2 is 1.12 bits per heavy atom. The van der Waals surface area contributed by atoms with Gasteiger partial charge in [0.25, 0.3) is 0 Å². The molecule has 1 N–H and O–H groups in total. The predicted molar refractivity (Wildman–Crippen MR) is 194 cm³/mol. The van der Waals surface area contributed by atoms with Gasteiger partial charge in [0, 0.05) is 12.5 Å². The number of alkyl carbamates (subject to hydrolysis) is 1. The lowest BCUT2D eigenvalue weighted by Crippen LogP contribution is -2.26. The SMILES string of the molecule is COc1ccc(-c2cc(OC[C@H](CCCNC(=O)OCc3ccccc3)CC(=O)OCc3ccccc3)cc(-c3ccc(OC)cc3)c2)cc1. The van der Waals surface area contributed by atoms with Gasteiger partial charge >= 0.3 is 12.1 Å². The molecular formula is C42H43NO7. The van der Waals surface area contributed by atoms with Crippen molar-refractivity contribution in [1.82, 2.24) is 5.32 Å². The van der Waals surface area contributed by atoms with Gasteiger partial charge in [0.2, 0.25) is 0 Å². The number of esters is 1.